The van der Waals surface area contributed by atoms with E-state index in [9.17, 15) is 0 Å². The van der Waals surface area contributed by atoms with E-state index in [1.165, 1.54) is 0 Å². The second-order valence-corrected chi connectivity index (χ2v) is 5.04. The zero-order valence-electron chi connectivity index (χ0n) is 9.83. The Morgan fingerprint density at radius 1 is 1.00 bits per heavy atom. The van der Waals surface area contributed by atoms with Crippen molar-refractivity contribution >= 4 is 8.80 Å². The molecule has 0 unspecified atom stereocenters. The fourth-order valence-corrected chi connectivity index (χ4v) is 1.70. The molecule has 0 aromatic rings. The highest BCUT2D eigenvalue weighted by Gasteiger charge is 2.33. The molecular weight excluding hydrogens is 200 g/mol. The molecule has 0 heterocycles. The van der Waals surface area contributed by atoms with Crippen molar-refractivity contribution < 1.29 is 18.0 Å². The molecule has 0 N–H and O–H groups in total. The van der Waals surface area contributed by atoms with Crippen LogP contribution in [0.3, 0.4) is 0 Å². The first-order valence-corrected chi connectivity index (χ1v) is 6.33. The smallest absolute Gasteiger partial charge is 0.382 e. The molecule has 0 amide bonds. The lowest BCUT2D eigenvalue weighted by atomic mass is 10.8. The summed E-state index contributed by atoms with van der Waals surface area (Å²) in [5, 5.41) is 0. The van der Waals surface area contributed by atoms with Crippen LogP contribution in [0.15, 0.2) is 12.3 Å². The molecule has 0 aromatic heterocycles. The predicted octanol–water partition coefficient (Wildman–Crippen LogP) is 1.63. The predicted molar refractivity (Wildman–Crippen MR) is 59.1 cm³/mol. The third kappa shape index (κ3) is 7.22. The van der Waals surface area contributed by atoms with Crippen LogP contribution in [0.2, 0.25) is 0 Å². The molecule has 0 saturated heterocycles. The summed E-state index contributed by atoms with van der Waals surface area (Å²) < 4.78 is 19.7. The van der Waals surface area contributed by atoms with E-state index in [1.807, 2.05) is 13.8 Å². The molecule has 0 aliphatic heterocycles. The molecule has 0 aliphatic rings. The van der Waals surface area contributed by atoms with E-state index in [0.29, 0.717) is 0 Å². The Labute approximate surface area is 88.2 Å². The summed E-state index contributed by atoms with van der Waals surface area (Å²) >= 11 is 0. The van der Waals surface area contributed by atoms with E-state index in [-0.39, 0.29) is 0 Å². The Balaban J connectivity index is 0. The van der Waals surface area contributed by atoms with Gasteiger partial charge in [0, 0.05) is 34.5 Å². The van der Waals surface area contributed by atoms with Gasteiger partial charge in [0.15, 0.2) is 0 Å². The quantitative estimate of drug-likeness (QED) is 0.640. The number of hydrogen-bond donors (Lipinski definition) is 0. The Morgan fingerprint density at radius 3 is 1.36 bits per heavy atom. The second kappa shape index (κ2) is 10.9. The van der Waals surface area contributed by atoms with Gasteiger partial charge in [-0.25, -0.2) is 0 Å². The summed E-state index contributed by atoms with van der Waals surface area (Å²) in [7, 11) is 2.20. The van der Waals surface area contributed by atoms with Crippen molar-refractivity contribution in [3.63, 3.8) is 0 Å². The summed E-state index contributed by atoms with van der Waals surface area (Å²) in [4.78, 5) is 0. The van der Waals surface area contributed by atoms with E-state index < -0.39 is 8.80 Å². The topological polar surface area (TPSA) is 36.9 Å². The first-order valence-electron chi connectivity index (χ1n) is 4.53. The normalized spacial score (nSPS) is 10.4. The zero-order chi connectivity index (χ0) is 11.4. The summed E-state index contributed by atoms with van der Waals surface area (Å²) in [6.07, 6.45) is 0. The van der Waals surface area contributed by atoms with Gasteiger partial charge in [0.25, 0.3) is 0 Å². The SMILES string of the molecule is C=C[Si](OC)(OC)OC.CCOCC. The van der Waals surface area contributed by atoms with Gasteiger partial charge in [-0.3, -0.25) is 0 Å². The van der Waals surface area contributed by atoms with Gasteiger partial charge in [-0.05, 0) is 19.5 Å². The summed E-state index contributed by atoms with van der Waals surface area (Å²) in [5.41, 5.74) is 1.58. The van der Waals surface area contributed by atoms with Crippen LogP contribution < -0.4 is 0 Å². The third-order valence-corrected chi connectivity index (χ3v) is 3.72. The molecule has 0 aromatic carbocycles. The summed E-state index contributed by atoms with van der Waals surface area (Å²) in [6, 6.07) is 0. The van der Waals surface area contributed by atoms with Gasteiger partial charge in [-0.1, -0.05) is 6.58 Å². The van der Waals surface area contributed by atoms with Crippen LogP contribution in [0.1, 0.15) is 13.8 Å². The Bertz CT molecular complexity index is 116. The molecule has 0 spiro atoms. The van der Waals surface area contributed by atoms with Crippen molar-refractivity contribution in [2.45, 2.75) is 13.8 Å². The van der Waals surface area contributed by atoms with Gasteiger partial charge >= 0.3 is 8.80 Å². The highest BCUT2D eigenvalue weighted by molar-refractivity contribution is 6.66. The number of hydrogen-bond acceptors (Lipinski definition) is 4. The zero-order valence-corrected chi connectivity index (χ0v) is 10.8. The number of ether oxygens (including phenoxy) is 1. The van der Waals surface area contributed by atoms with Crippen molar-refractivity contribution in [1.82, 2.24) is 0 Å². The Morgan fingerprint density at radius 2 is 1.36 bits per heavy atom. The molecule has 5 heteroatoms. The van der Waals surface area contributed by atoms with Gasteiger partial charge < -0.3 is 18.0 Å². The summed E-state index contributed by atoms with van der Waals surface area (Å²) in [5.74, 6) is 0. The molecule has 0 aliphatic carbocycles. The van der Waals surface area contributed by atoms with Crippen molar-refractivity contribution in [3.05, 3.63) is 12.3 Å². The highest BCUT2D eigenvalue weighted by Crippen LogP contribution is 2.04. The van der Waals surface area contributed by atoms with E-state index >= 15 is 0 Å². The minimum Gasteiger partial charge on any atom is -0.382 e. The van der Waals surface area contributed by atoms with Gasteiger partial charge in [-0.15, -0.1) is 0 Å². The van der Waals surface area contributed by atoms with Crippen LogP contribution in [0, 0.1) is 0 Å². The van der Waals surface area contributed by atoms with Crippen LogP contribution >= 0.6 is 0 Å². The van der Waals surface area contributed by atoms with Crippen molar-refractivity contribution in [3.8, 4) is 0 Å². The minimum absolute atomic E-state index is 0.844. The molecule has 0 bridgehead atoms. The highest BCUT2D eigenvalue weighted by atomic mass is 28.4. The van der Waals surface area contributed by atoms with Crippen LogP contribution in [-0.4, -0.2) is 43.3 Å². The maximum absolute atomic E-state index is 4.96. The molecular formula is C9H22O4Si. The standard InChI is InChI=1S/C5H12O3Si.C4H10O/c1-5-9(6-2,7-3)8-4;1-3-5-4-2/h5H,1H2,2-4H3;3-4H2,1-2H3. The lowest BCUT2D eigenvalue weighted by Crippen LogP contribution is -2.40. The largest absolute Gasteiger partial charge is 0.528 e. The van der Waals surface area contributed by atoms with Crippen molar-refractivity contribution in [2.75, 3.05) is 34.5 Å². The van der Waals surface area contributed by atoms with Crippen molar-refractivity contribution in [2.24, 2.45) is 0 Å². The lowest BCUT2D eigenvalue weighted by Gasteiger charge is -2.19. The van der Waals surface area contributed by atoms with Crippen LogP contribution in [-0.2, 0) is 18.0 Å². The Hall–Kier alpha value is -0.203. The monoisotopic (exact) mass is 222 g/mol. The number of rotatable bonds is 6. The van der Waals surface area contributed by atoms with Crippen LogP contribution in [0.4, 0.5) is 0 Å². The van der Waals surface area contributed by atoms with E-state index in [2.05, 4.69) is 6.58 Å². The first kappa shape index (κ1) is 16.2. The van der Waals surface area contributed by atoms with E-state index in [1.54, 1.807) is 27.0 Å². The molecule has 0 rings (SSSR count). The molecule has 0 saturated carbocycles. The molecule has 4 nitrogen and oxygen atoms in total. The van der Waals surface area contributed by atoms with Crippen LogP contribution in [0.25, 0.3) is 0 Å². The Kier molecular flexibility index (Phi) is 12.6. The third-order valence-electron chi connectivity index (χ3n) is 1.51. The molecule has 86 valence electrons. The molecule has 14 heavy (non-hydrogen) atoms. The van der Waals surface area contributed by atoms with E-state index in [4.69, 9.17) is 18.0 Å². The maximum atomic E-state index is 4.96. The van der Waals surface area contributed by atoms with Gasteiger partial charge in [0.2, 0.25) is 0 Å². The van der Waals surface area contributed by atoms with Crippen LogP contribution in [0.5, 0.6) is 0 Å². The molecule has 0 fully saturated rings. The first-order chi connectivity index (χ1) is 6.66. The second-order valence-electron chi connectivity index (χ2n) is 2.20. The average molecular weight is 222 g/mol. The van der Waals surface area contributed by atoms with Crippen molar-refractivity contribution in [1.29, 1.82) is 0 Å². The van der Waals surface area contributed by atoms with Gasteiger partial charge in [-0.2, -0.15) is 0 Å². The summed E-state index contributed by atoms with van der Waals surface area (Å²) in [6.45, 7) is 9.20. The van der Waals surface area contributed by atoms with Gasteiger partial charge in [0.05, 0.1) is 0 Å². The minimum atomic E-state index is -2.43. The fraction of sp³-hybridized carbons (Fsp3) is 0.778. The van der Waals surface area contributed by atoms with E-state index in [0.717, 1.165) is 13.2 Å². The maximum Gasteiger partial charge on any atom is 0.528 e. The lowest BCUT2D eigenvalue weighted by molar-refractivity contribution is 0.138. The average Bonchev–Trinajstić information content (AvgIpc) is 2.24. The molecule has 0 radical (unpaired) electrons. The molecule has 0 atom stereocenters. The fourth-order valence-electron chi connectivity index (χ4n) is 0.704. The van der Waals surface area contributed by atoms with Gasteiger partial charge in [0.1, 0.15) is 0 Å².